The molecule has 6 heteroatoms. The van der Waals surface area contributed by atoms with Gasteiger partial charge < -0.3 is 15.4 Å². The molecule has 3 rings (SSSR count). The molecule has 2 N–H and O–H groups in total. The Bertz CT molecular complexity index is 820. The van der Waals surface area contributed by atoms with E-state index in [2.05, 4.69) is 23.1 Å². The van der Waals surface area contributed by atoms with Crippen molar-refractivity contribution in [2.24, 2.45) is 5.73 Å². The van der Waals surface area contributed by atoms with E-state index in [-0.39, 0.29) is 5.91 Å². The summed E-state index contributed by atoms with van der Waals surface area (Å²) in [4.78, 5) is 27.2. The zero-order chi connectivity index (χ0) is 19.4. The number of carbonyl (C=O) groups excluding carboxylic acids is 2. The first kappa shape index (κ1) is 18.9. The molecule has 2 aromatic carbocycles. The fourth-order valence-electron chi connectivity index (χ4n) is 3.49. The smallest absolute Gasteiger partial charge is 0.241 e. The molecule has 1 aliphatic rings. The van der Waals surface area contributed by atoms with Crippen LogP contribution in [0.4, 0.5) is 0 Å². The van der Waals surface area contributed by atoms with Crippen LogP contribution in [0.1, 0.15) is 12.5 Å². The van der Waals surface area contributed by atoms with Crippen LogP contribution in [0.5, 0.6) is 5.75 Å². The lowest BCUT2D eigenvalue weighted by Gasteiger charge is -2.39. The SMILES string of the molecule is COc1ccc(-c2cccc(CN3CCN(C(C)=O)[C@@H](C(N)=O)C3)c2)cc1. The molecular formula is C21H25N3O3. The molecule has 0 aliphatic carbocycles. The molecule has 2 aromatic rings. The molecule has 27 heavy (non-hydrogen) atoms. The van der Waals surface area contributed by atoms with E-state index < -0.39 is 11.9 Å². The van der Waals surface area contributed by atoms with Crippen molar-refractivity contribution < 1.29 is 14.3 Å². The monoisotopic (exact) mass is 367 g/mol. The number of primary amides is 1. The Morgan fingerprint density at radius 2 is 1.85 bits per heavy atom. The van der Waals surface area contributed by atoms with Crippen LogP contribution in [0.15, 0.2) is 48.5 Å². The Morgan fingerprint density at radius 3 is 2.48 bits per heavy atom. The number of amides is 2. The molecule has 0 aromatic heterocycles. The lowest BCUT2D eigenvalue weighted by atomic mass is 10.0. The fraction of sp³-hybridized carbons (Fsp3) is 0.333. The maximum atomic E-state index is 11.8. The van der Waals surface area contributed by atoms with Crippen molar-refractivity contribution in [3.05, 3.63) is 54.1 Å². The highest BCUT2D eigenvalue weighted by Crippen LogP contribution is 2.24. The van der Waals surface area contributed by atoms with Crippen LogP contribution in [0, 0.1) is 0 Å². The van der Waals surface area contributed by atoms with E-state index in [9.17, 15) is 9.59 Å². The van der Waals surface area contributed by atoms with E-state index in [0.717, 1.165) is 29.0 Å². The Labute approximate surface area is 159 Å². The van der Waals surface area contributed by atoms with Gasteiger partial charge in [-0.1, -0.05) is 30.3 Å². The van der Waals surface area contributed by atoms with E-state index in [0.29, 0.717) is 19.6 Å². The number of nitrogens with zero attached hydrogens (tertiary/aromatic N) is 2. The number of piperazine rings is 1. The zero-order valence-electron chi connectivity index (χ0n) is 15.7. The summed E-state index contributed by atoms with van der Waals surface area (Å²) < 4.78 is 5.21. The Morgan fingerprint density at radius 1 is 1.11 bits per heavy atom. The topological polar surface area (TPSA) is 75.9 Å². The van der Waals surface area contributed by atoms with Crippen molar-refractivity contribution in [3.63, 3.8) is 0 Å². The number of hydrogen-bond acceptors (Lipinski definition) is 4. The third-order valence-corrected chi connectivity index (χ3v) is 4.95. The van der Waals surface area contributed by atoms with Crippen LogP contribution in [-0.2, 0) is 16.1 Å². The molecular weight excluding hydrogens is 342 g/mol. The first-order chi connectivity index (χ1) is 13.0. The Balaban J connectivity index is 1.72. The van der Waals surface area contributed by atoms with E-state index in [1.54, 1.807) is 12.0 Å². The Kier molecular flexibility index (Phi) is 5.76. The van der Waals surface area contributed by atoms with Gasteiger partial charge in [0.2, 0.25) is 11.8 Å². The number of hydrogen-bond donors (Lipinski definition) is 1. The van der Waals surface area contributed by atoms with Gasteiger partial charge in [-0.15, -0.1) is 0 Å². The second-order valence-electron chi connectivity index (χ2n) is 6.79. The molecule has 1 fully saturated rings. The zero-order valence-corrected chi connectivity index (χ0v) is 15.7. The number of benzene rings is 2. The summed E-state index contributed by atoms with van der Waals surface area (Å²) >= 11 is 0. The maximum Gasteiger partial charge on any atom is 0.241 e. The van der Waals surface area contributed by atoms with E-state index in [1.165, 1.54) is 6.92 Å². The van der Waals surface area contributed by atoms with Crippen LogP contribution in [0.2, 0.25) is 0 Å². The largest absolute Gasteiger partial charge is 0.497 e. The third-order valence-electron chi connectivity index (χ3n) is 4.95. The standard InChI is InChI=1S/C21H25N3O3/c1-15(25)24-11-10-23(14-20(24)21(22)26)13-16-4-3-5-18(12-16)17-6-8-19(27-2)9-7-17/h3-9,12,20H,10-11,13-14H2,1-2H3,(H2,22,26)/t20-/m1/s1. The van der Waals surface area contributed by atoms with Gasteiger partial charge in [0.15, 0.2) is 0 Å². The highest BCUT2D eigenvalue weighted by molar-refractivity contribution is 5.86. The minimum atomic E-state index is -0.568. The molecule has 6 nitrogen and oxygen atoms in total. The molecule has 0 radical (unpaired) electrons. The van der Waals surface area contributed by atoms with Gasteiger partial charge in [-0.3, -0.25) is 14.5 Å². The van der Waals surface area contributed by atoms with Crippen molar-refractivity contribution in [2.45, 2.75) is 19.5 Å². The minimum Gasteiger partial charge on any atom is -0.497 e. The summed E-state index contributed by atoms with van der Waals surface area (Å²) in [6, 6.07) is 15.7. The lowest BCUT2D eigenvalue weighted by Crippen LogP contribution is -2.59. The van der Waals surface area contributed by atoms with E-state index in [4.69, 9.17) is 10.5 Å². The average molecular weight is 367 g/mol. The molecule has 0 unspecified atom stereocenters. The summed E-state index contributed by atoms with van der Waals surface area (Å²) in [7, 11) is 1.65. The number of carbonyl (C=O) groups is 2. The predicted octanol–water partition coefficient (Wildman–Crippen LogP) is 1.88. The number of ether oxygens (including phenoxy) is 1. The van der Waals surface area contributed by atoms with Crippen molar-refractivity contribution >= 4 is 11.8 Å². The molecule has 0 bridgehead atoms. The first-order valence-corrected chi connectivity index (χ1v) is 9.00. The van der Waals surface area contributed by atoms with Gasteiger partial charge in [0.1, 0.15) is 11.8 Å². The fourth-order valence-corrected chi connectivity index (χ4v) is 3.49. The molecule has 1 aliphatic heterocycles. The van der Waals surface area contributed by atoms with Crippen LogP contribution < -0.4 is 10.5 Å². The summed E-state index contributed by atoms with van der Waals surface area (Å²) in [6.07, 6.45) is 0. The van der Waals surface area contributed by atoms with Gasteiger partial charge in [-0.05, 0) is 34.9 Å². The molecule has 1 saturated heterocycles. The predicted molar refractivity (Wildman–Crippen MR) is 104 cm³/mol. The molecule has 1 atom stereocenters. The average Bonchev–Trinajstić information content (AvgIpc) is 2.68. The highest BCUT2D eigenvalue weighted by atomic mass is 16.5. The molecule has 0 saturated carbocycles. The maximum absolute atomic E-state index is 11.8. The van der Waals surface area contributed by atoms with Crippen LogP contribution >= 0.6 is 0 Å². The van der Waals surface area contributed by atoms with E-state index >= 15 is 0 Å². The van der Waals surface area contributed by atoms with Gasteiger partial charge in [-0.2, -0.15) is 0 Å². The first-order valence-electron chi connectivity index (χ1n) is 9.00. The van der Waals surface area contributed by atoms with Gasteiger partial charge in [0.25, 0.3) is 0 Å². The molecule has 2 amide bonds. The number of methoxy groups -OCH3 is 1. The van der Waals surface area contributed by atoms with Crippen LogP contribution in [-0.4, -0.2) is 54.4 Å². The highest BCUT2D eigenvalue weighted by Gasteiger charge is 2.32. The summed E-state index contributed by atoms with van der Waals surface area (Å²) in [6.45, 7) is 3.88. The van der Waals surface area contributed by atoms with Crippen molar-refractivity contribution in [1.82, 2.24) is 9.80 Å². The number of rotatable bonds is 5. The van der Waals surface area contributed by atoms with Crippen molar-refractivity contribution in [2.75, 3.05) is 26.7 Å². The molecule has 142 valence electrons. The molecule has 0 spiro atoms. The molecule has 1 heterocycles. The van der Waals surface area contributed by atoms with Gasteiger partial charge in [0, 0.05) is 33.1 Å². The van der Waals surface area contributed by atoms with E-state index in [1.807, 2.05) is 30.3 Å². The third kappa shape index (κ3) is 4.46. The van der Waals surface area contributed by atoms with Crippen molar-refractivity contribution in [1.29, 1.82) is 0 Å². The lowest BCUT2D eigenvalue weighted by molar-refractivity contribution is -0.141. The quantitative estimate of drug-likeness (QED) is 0.875. The van der Waals surface area contributed by atoms with Gasteiger partial charge in [-0.25, -0.2) is 0 Å². The summed E-state index contributed by atoms with van der Waals surface area (Å²) in [5, 5.41) is 0. The summed E-state index contributed by atoms with van der Waals surface area (Å²) in [5.74, 6) is 0.262. The van der Waals surface area contributed by atoms with Gasteiger partial charge >= 0.3 is 0 Å². The summed E-state index contributed by atoms with van der Waals surface area (Å²) in [5.41, 5.74) is 8.91. The van der Waals surface area contributed by atoms with Crippen molar-refractivity contribution in [3.8, 4) is 16.9 Å². The second kappa shape index (κ2) is 8.22. The van der Waals surface area contributed by atoms with Crippen LogP contribution in [0.25, 0.3) is 11.1 Å². The Hall–Kier alpha value is -2.86. The van der Waals surface area contributed by atoms with Crippen LogP contribution in [0.3, 0.4) is 0 Å². The number of nitrogens with two attached hydrogens (primary N) is 1. The minimum absolute atomic E-state index is 0.111. The normalized spacial score (nSPS) is 17.6. The van der Waals surface area contributed by atoms with Gasteiger partial charge in [0.05, 0.1) is 7.11 Å². The second-order valence-corrected chi connectivity index (χ2v) is 6.79.